The zero-order valence-corrected chi connectivity index (χ0v) is 15.6. The summed E-state index contributed by atoms with van der Waals surface area (Å²) in [6.07, 6.45) is -4.41. The number of carbonyl (C=O) groups excluding carboxylic acids is 1. The molecule has 28 heavy (non-hydrogen) atoms. The SMILES string of the molecule is CCOC(=O)c1sc(-c2ccc(C(F)(F)F)cc2)nc1COc1ccccc1. The molecular weight excluding hydrogens is 391 g/mol. The van der Waals surface area contributed by atoms with Gasteiger partial charge in [0.2, 0.25) is 0 Å². The van der Waals surface area contributed by atoms with E-state index < -0.39 is 17.7 Å². The second-order valence-electron chi connectivity index (χ2n) is 5.69. The Balaban J connectivity index is 1.88. The van der Waals surface area contributed by atoms with Gasteiger partial charge in [0.15, 0.2) is 0 Å². The number of nitrogens with zero attached hydrogens (tertiary/aromatic N) is 1. The molecule has 3 rings (SSSR count). The Morgan fingerprint density at radius 1 is 1.07 bits per heavy atom. The molecule has 0 unspecified atom stereocenters. The van der Waals surface area contributed by atoms with Crippen molar-refractivity contribution in [2.75, 3.05) is 6.61 Å². The molecule has 4 nitrogen and oxygen atoms in total. The van der Waals surface area contributed by atoms with Crippen molar-refractivity contribution >= 4 is 17.3 Å². The van der Waals surface area contributed by atoms with Crippen molar-refractivity contribution in [3.05, 3.63) is 70.7 Å². The Hall–Kier alpha value is -2.87. The zero-order valence-electron chi connectivity index (χ0n) is 14.8. The summed E-state index contributed by atoms with van der Waals surface area (Å²) in [5, 5.41) is 0.420. The van der Waals surface area contributed by atoms with E-state index in [-0.39, 0.29) is 18.1 Å². The van der Waals surface area contributed by atoms with E-state index in [0.717, 1.165) is 23.5 Å². The van der Waals surface area contributed by atoms with E-state index in [9.17, 15) is 18.0 Å². The number of thiazole rings is 1. The Morgan fingerprint density at radius 2 is 1.75 bits per heavy atom. The summed E-state index contributed by atoms with van der Waals surface area (Å²) in [7, 11) is 0. The van der Waals surface area contributed by atoms with Crippen LogP contribution in [0.3, 0.4) is 0 Å². The molecule has 0 aliphatic heterocycles. The van der Waals surface area contributed by atoms with Gasteiger partial charge in [-0.3, -0.25) is 0 Å². The molecule has 3 aromatic rings. The fourth-order valence-corrected chi connectivity index (χ4v) is 3.37. The minimum Gasteiger partial charge on any atom is -0.487 e. The molecular formula is C20H16F3NO3S. The highest BCUT2D eigenvalue weighted by atomic mass is 32.1. The third-order valence-corrected chi connectivity index (χ3v) is 4.86. The number of halogens is 3. The van der Waals surface area contributed by atoms with Crippen LogP contribution in [-0.4, -0.2) is 17.6 Å². The lowest BCUT2D eigenvalue weighted by atomic mass is 10.1. The number of rotatable bonds is 6. The van der Waals surface area contributed by atoms with Gasteiger partial charge < -0.3 is 9.47 Å². The van der Waals surface area contributed by atoms with E-state index >= 15 is 0 Å². The largest absolute Gasteiger partial charge is 0.487 e. The monoisotopic (exact) mass is 407 g/mol. The van der Waals surface area contributed by atoms with Gasteiger partial charge in [0.05, 0.1) is 12.2 Å². The lowest BCUT2D eigenvalue weighted by molar-refractivity contribution is -0.137. The third-order valence-electron chi connectivity index (χ3n) is 3.74. The van der Waals surface area contributed by atoms with Crippen LogP contribution in [0.15, 0.2) is 54.6 Å². The van der Waals surface area contributed by atoms with Crippen LogP contribution in [-0.2, 0) is 17.5 Å². The molecule has 0 atom stereocenters. The van der Waals surface area contributed by atoms with Gasteiger partial charge in [-0.2, -0.15) is 13.2 Å². The average molecular weight is 407 g/mol. The molecule has 146 valence electrons. The van der Waals surface area contributed by atoms with Crippen molar-refractivity contribution in [3.63, 3.8) is 0 Å². The summed E-state index contributed by atoms with van der Waals surface area (Å²) < 4.78 is 49.0. The standard InChI is InChI=1S/C20H16F3NO3S/c1-2-26-19(25)17-16(12-27-15-6-4-3-5-7-15)24-18(28-17)13-8-10-14(11-9-13)20(21,22)23/h3-11H,2,12H2,1H3. The molecule has 2 aromatic carbocycles. The first-order valence-corrected chi connectivity index (χ1v) is 9.22. The van der Waals surface area contributed by atoms with Crippen LogP contribution >= 0.6 is 11.3 Å². The molecule has 0 aliphatic rings. The van der Waals surface area contributed by atoms with Crippen LogP contribution in [0.25, 0.3) is 10.6 Å². The zero-order chi connectivity index (χ0) is 20.1. The number of esters is 1. The number of alkyl halides is 3. The highest BCUT2D eigenvalue weighted by Crippen LogP contribution is 2.33. The normalized spacial score (nSPS) is 11.3. The van der Waals surface area contributed by atoms with Crippen molar-refractivity contribution in [3.8, 4) is 16.3 Å². The molecule has 0 amide bonds. The molecule has 0 N–H and O–H groups in total. The summed E-state index contributed by atoms with van der Waals surface area (Å²) in [5.74, 6) is 0.0752. The van der Waals surface area contributed by atoms with Crippen molar-refractivity contribution in [1.29, 1.82) is 0 Å². The van der Waals surface area contributed by atoms with Gasteiger partial charge in [-0.25, -0.2) is 9.78 Å². The summed E-state index contributed by atoms with van der Waals surface area (Å²) in [6.45, 7) is 1.93. The van der Waals surface area contributed by atoms with Gasteiger partial charge in [0, 0.05) is 5.56 Å². The number of hydrogen-bond acceptors (Lipinski definition) is 5. The maximum absolute atomic E-state index is 12.8. The molecule has 0 aliphatic carbocycles. The minimum atomic E-state index is -4.41. The molecule has 0 bridgehead atoms. The van der Waals surface area contributed by atoms with Gasteiger partial charge in [-0.15, -0.1) is 11.3 Å². The molecule has 0 fully saturated rings. The second-order valence-corrected chi connectivity index (χ2v) is 6.69. The Labute approximate surface area is 163 Å². The topological polar surface area (TPSA) is 48.4 Å². The van der Waals surface area contributed by atoms with Crippen LogP contribution in [0, 0.1) is 0 Å². The Kier molecular flexibility index (Phi) is 5.99. The number of para-hydroxylation sites is 1. The molecule has 0 saturated heterocycles. The van der Waals surface area contributed by atoms with Gasteiger partial charge in [-0.05, 0) is 31.2 Å². The summed E-state index contributed by atoms with van der Waals surface area (Å²) in [6, 6.07) is 13.7. The van der Waals surface area contributed by atoms with Gasteiger partial charge in [0.1, 0.15) is 27.9 Å². The maximum atomic E-state index is 12.8. The van der Waals surface area contributed by atoms with Crippen molar-refractivity contribution in [1.82, 2.24) is 4.98 Å². The number of aromatic nitrogens is 1. The van der Waals surface area contributed by atoms with E-state index in [0.29, 0.717) is 22.0 Å². The first-order valence-electron chi connectivity index (χ1n) is 8.40. The second kappa shape index (κ2) is 8.43. The van der Waals surface area contributed by atoms with E-state index in [1.165, 1.54) is 12.1 Å². The van der Waals surface area contributed by atoms with E-state index in [1.54, 1.807) is 19.1 Å². The van der Waals surface area contributed by atoms with Gasteiger partial charge >= 0.3 is 12.1 Å². The Morgan fingerprint density at radius 3 is 2.36 bits per heavy atom. The van der Waals surface area contributed by atoms with Crippen LogP contribution in [0.1, 0.15) is 27.9 Å². The van der Waals surface area contributed by atoms with Crippen molar-refractivity contribution < 1.29 is 27.4 Å². The fraction of sp³-hybridized carbons (Fsp3) is 0.200. The molecule has 1 heterocycles. The number of carbonyl (C=O) groups is 1. The van der Waals surface area contributed by atoms with Crippen LogP contribution in [0.5, 0.6) is 5.75 Å². The van der Waals surface area contributed by atoms with Crippen LogP contribution in [0.2, 0.25) is 0 Å². The molecule has 0 saturated carbocycles. The first-order chi connectivity index (χ1) is 13.4. The molecule has 0 spiro atoms. The van der Waals surface area contributed by atoms with Gasteiger partial charge in [-0.1, -0.05) is 30.3 Å². The third kappa shape index (κ3) is 4.69. The van der Waals surface area contributed by atoms with Crippen molar-refractivity contribution in [2.45, 2.75) is 19.7 Å². The summed E-state index contributed by atoms with van der Waals surface area (Å²) >= 11 is 1.06. The smallest absolute Gasteiger partial charge is 0.416 e. The summed E-state index contributed by atoms with van der Waals surface area (Å²) in [5.41, 5.74) is 0.114. The van der Waals surface area contributed by atoms with Gasteiger partial charge in [0.25, 0.3) is 0 Å². The van der Waals surface area contributed by atoms with Crippen LogP contribution in [0.4, 0.5) is 13.2 Å². The molecule has 8 heteroatoms. The number of hydrogen-bond donors (Lipinski definition) is 0. The highest BCUT2D eigenvalue weighted by Gasteiger charge is 2.30. The summed E-state index contributed by atoms with van der Waals surface area (Å²) in [4.78, 5) is 16.9. The van der Waals surface area contributed by atoms with Crippen LogP contribution < -0.4 is 4.74 Å². The number of benzene rings is 2. The van der Waals surface area contributed by atoms with E-state index in [4.69, 9.17) is 9.47 Å². The molecule has 0 radical (unpaired) electrons. The first kappa shape index (κ1) is 19.9. The predicted octanol–water partition coefficient (Wildman–Crippen LogP) is 5.58. The maximum Gasteiger partial charge on any atom is 0.416 e. The highest BCUT2D eigenvalue weighted by molar-refractivity contribution is 7.17. The molecule has 1 aromatic heterocycles. The Bertz CT molecular complexity index is 938. The number of ether oxygens (including phenoxy) is 2. The predicted molar refractivity (Wildman–Crippen MR) is 99.3 cm³/mol. The quantitative estimate of drug-likeness (QED) is 0.500. The minimum absolute atomic E-state index is 0.0370. The fourth-order valence-electron chi connectivity index (χ4n) is 2.40. The van der Waals surface area contributed by atoms with E-state index in [2.05, 4.69) is 4.98 Å². The van der Waals surface area contributed by atoms with E-state index in [1.807, 2.05) is 18.2 Å². The van der Waals surface area contributed by atoms with Crippen molar-refractivity contribution in [2.24, 2.45) is 0 Å². The average Bonchev–Trinajstić information content (AvgIpc) is 3.11. The lowest BCUT2D eigenvalue weighted by Gasteiger charge is -2.06. The lowest BCUT2D eigenvalue weighted by Crippen LogP contribution is -2.07.